The summed E-state index contributed by atoms with van der Waals surface area (Å²) in [6.45, 7) is 3.61. The molecule has 1 heterocycles. The lowest BCUT2D eigenvalue weighted by atomic mass is 10.2. The molecule has 0 bridgehead atoms. The Morgan fingerprint density at radius 2 is 1.68 bits per heavy atom. The lowest BCUT2D eigenvalue weighted by molar-refractivity contribution is -0.127. The molecule has 31 heavy (non-hydrogen) atoms. The molecule has 1 aliphatic heterocycles. The van der Waals surface area contributed by atoms with E-state index in [4.69, 9.17) is 9.47 Å². The Morgan fingerprint density at radius 1 is 1.03 bits per heavy atom. The summed E-state index contributed by atoms with van der Waals surface area (Å²) in [5.74, 6) is 0.866. The minimum atomic E-state index is -3.47. The van der Waals surface area contributed by atoms with E-state index in [1.165, 1.54) is 4.31 Å². The van der Waals surface area contributed by atoms with E-state index in [-0.39, 0.29) is 18.2 Å². The van der Waals surface area contributed by atoms with Gasteiger partial charge in [0.2, 0.25) is 10.0 Å². The molecular weight excluding hydrogens is 418 g/mol. The van der Waals surface area contributed by atoms with E-state index in [0.717, 1.165) is 11.4 Å². The first-order valence-corrected chi connectivity index (χ1v) is 11.9. The number of methoxy groups -OCH3 is 1. The zero-order chi connectivity index (χ0) is 22.3. The number of anilines is 1. The van der Waals surface area contributed by atoms with Crippen LogP contribution in [0.5, 0.6) is 11.5 Å². The van der Waals surface area contributed by atoms with Crippen molar-refractivity contribution in [2.24, 2.45) is 0 Å². The predicted molar refractivity (Wildman–Crippen MR) is 120 cm³/mol. The van der Waals surface area contributed by atoms with Gasteiger partial charge in [-0.2, -0.15) is 4.31 Å². The molecule has 1 fully saturated rings. The molecule has 2 aromatic rings. The van der Waals surface area contributed by atoms with Gasteiger partial charge in [-0.05, 0) is 31.2 Å². The molecule has 2 aromatic carbocycles. The third-order valence-corrected chi connectivity index (χ3v) is 7.01. The number of sulfonamides is 1. The van der Waals surface area contributed by atoms with Gasteiger partial charge < -0.3 is 19.7 Å². The van der Waals surface area contributed by atoms with Crippen LogP contribution in [0.25, 0.3) is 0 Å². The maximum Gasteiger partial charge on any atom is 0.260 e. The van der Waals surface area contributed by atoms with Crippen molar-refractivity contribution in [2.75, 3.05) is 50.5 Å². The van der Waals surface area contributed by atoms with Crippen LogP contribution >= 0.6 is 0 Å². The number of amides is 1. The molecule has 0 unspecified atom stereocenters. The van der Waals surface area contributed by atoms with E-state index >= 15 is 0 Å². The van der Waals surface area contributed by atoms with Gasteiger partial charge in [-0.1, -0.05) is 30.3 Å². The lowest BCUT2D eigenvalue weighted by Gasteiger charge is -2.36. The number of carbonyl (C=O) groups is 1. The zero-order valence-electron chi connectivity index (χ0n) is 17.9. The standard InChI is InChI=1S/C22H29N3O5S/c1-18(30-19-8-4-3-5-9-19)22(26)23-12-17-31(27,28)25-15-13-24(14-16-25)20-10-6-7-11-21(20)29-2/h3-11,18H,12-17H2,1-2H3,(H,23,26)/t18-/m1/s1. The first-order chi connectivity index (χ1) is 14.9. The van der Waals surface area contributed by atoms with Gasteiger partial charge in [-0.3, -0.25) is 4.79 Å². The van der Waals surface area contributed by atoms with Crippen LogP contribution in [0.15, 0.2) is 54.6 Å². The van der Waals surface area contributed by atoms with Crippen LogP contribution in [0.1, 0.15) is 6.92 Å². The van der Waals surface area contributed by atoms with Crippen molar-refractivity contribution in [1.82, 2.24) is 9.62 Å². The second-order valence-corrected chi connectivity index (χ2v) is 9.33. The second kappa shape index (κ2) is 10.5. The van der Waals surface area contributed by atoms with Crippen molar-refractivity contribution in [3.63, 3.8) is 0 Å². The van der Waals surface area contributed by atoms with Crippen molar-refractivity contribution >= 4 is 21.6 Å². The number of nitrogens with zero attached hydrogens (tertiary/aromatic N) is 2. The number of rotatable bonds is 9. The average Bonchev–Trinajstić information content (AvgIpc) is 2.79. The summed E-state index contributed by atoms with van der Waals surface area (Å²) in [6.07, 6.45) is -0.713. The van der Waals surface area contributed by atoms with E-state index in [2.05, 4.69) is 10.2 Å². The fourth-order valence-electron chi connectivity index (χ4n) is 3.43. The van der Waals surface area contributed by atoms with E-state index < -0.39 is 16.1 Å². The summed E-state index contributed by atoms with van der Waals surface area (Å²) in [7, 11) is -1.84. The van der Waals surface area contributed by atoms with Gasteiger partial charge in [0.15, 0.2) is 6.10 Å². The summed E-state index contributed by atoms with van der Waals surface area (Å²) in [5.41, 5.74) is 0.960. The van der Waals surface area contributed by atoms with Crippen LogP contribution < -0.4 is 19.7 Å². The first kappa shape index (κ1) is 22.9. The number of piperazine rings is 1. The lowest BCUT2D eigenvalue weighted by Crippen LogP contribution is -2.50. The summed E-state index contributed by atoms with van der Waals surface area (Å²) >= 11 is 0. The molecule has 8 nitrogen and oxygen atoms in total. The molecule has 1 N–H and O–H groups in total. The van der Waals surface area contributed by atoms with E-state index in [9.17, 15) is 13.2 Å². The topological polar surface area (TPSA) is 88.2 Å². The monoisotopic (exact) mass is 447 g/mol. The summed E-state index contributed by atoms with van der Waals surface area (Å²) in [4.78, 5) is 14.3. The third-order valence-electron chi connectivity index (χ3n) is 5.14. The Morgan fingerprint density at radius 3 is 2.35 bits per heavy atom. The van der Waals surface area contributed by atoms with Gasteiger partial charge in [0.1, 0.15) is 11.5 Å². The highest BCUT2D eigenvalue weighted by molar-refractivity contribution is 7.89. The second-order valence-electron chi connectivity index (χ2n) is 7.24. The minimum Gasteiger partial charge on any atom is -0.495 e. The molecular formula is C22H29N3O5S. The Bertz CT molecular complexity index is 960. The van der Waals surface area contributed by atoms with Gasteiger partial charge in [-0.25, -0.2) is 8.42 Å². The molecule has 0 saturated carbocycles. The van der Waals surface area contributed by atoms with E-state index in [1.807, 2.05) is 42.5 Å². The molecule has 0 radical (unpaired) electrons. The highest BCUT2D eigenvalue weighted by Gasteiger charge is 2.28. The van der Waals surface area contributed by atoms with E-state index in [1.54, 1.807) is 26.2 Å². The number of hydrogen-bond acceptors (Lipinski definition) is 6. The Balaban J connectivity index is 1.45. The van der Waals surface area contributed by atoms with Crippen LogP contribution in [0.4, 0.5) is 5.69 Å². The molecule has 0 aromatic heterocycles. The first-order valence-electron chi connectivity index (χ1n) is 10.3. The number of para-hydroxylation sites is 3. The Labute approximate surface area is 183 Å². The molecule has 1 aliphatic rings. The highest BCUT2D eigenvalue weighted by Crippen LogP contribution is 2.28. The Hall–Kier alpha value is -2.78. The van der Waals surface area contributed by atoms with Crippen molar-refractivity contribution < 1.29 is 22.7 Å². The number of ether oxygens (including phenoxy) is 2. The van der Waals surface area contributed by atoms with Crippen LogP contribution in [-0.4, -0.2) is 70.3 Å². The van der Waals surface area contributed by atoms with Crippen molar-refractivity contribution in [3.8, 4) is 11.5 Å². The maximum atomic E-state index is 12.7. The highest BCUT2D eigenvalue weighted by atomic mass is 32.2. The van der Waals surface area contributed by atoms with Gasteiger partial charge in [0.05, 0.1) is 18.6 Å². The minimum absolute atomic E-state index is 0.0381. The SMILES string of the molecule is COc1ccccc1N1CCN(S(=O)(=O)CCNC(=O)[C@@H](C)Oc2ccccc2)CC1. The summed E-state index contributed by atoms with van der Waals surface area (Å²) < 4.78 is 37.8. The normalized spacial score (nSPS) is 15.9. The zero-order valence-corrected chi connectivity index (χ0v) is 18.7. The maximum absolute atomic E-state index is 12.7. The van der Waals surface area contributed by atoms with Gasteiger partial charge >= 0.3 is 0 Å². The smallest absolute Gasteiger partial charge is 0.260 e. The molecule has 1 atom stereocenters. The van der Waals surface area contributed by atoms with Gasteiger partial charge in [0.25, 0.3) is 5.91 Å². The number of benzene rings is 2. The largest absolute Gasteiger partial charge is 0.495 e. The van der Waals surface area contributed by atoms with Crippen LogP contribution in [0.3, 0.4) is 0 Å². The quantitative estimate of drug-likeness (QED) is 0.630. The molecule has 1 saturated heterocycles. The Kier molecular flexibility index (Phi) is 7.75. The van der Waals surface area contributed by atoms with Gasteiger partial charge in [0, 0.05) is 32.7 Å². The fourth-order valence-corrected chi connectivity index (χ4v) is 4.77. The average molecular weight is 448 g/mol. The van der Waals surface area contributed by atoms with E-state index in [0.29, 0.717) is 31.9 Å². The summed E-state index contributed by atoms with van der Waals surface area (Å²) in [5, 5.41) is 2.65. The van der Waals surface area contributed by atoms with Crippen molar-refractivity contribution in [3.05, 3.63) is 54.6 Å². The van der Waals surface area contributed by atoms with Gasteiger partial charge in [-0.15, -0.1) is 0 Å². The molecule has 9 heteroatoms. The molecule has 3 rings (SSSR count). The van der Waals surface area contributed by atoms with Crippen LogP contribution in [-0.2, 0) is 14.8 Å². The third kappa shape index (κ3) is 6.11. The molecule has 0 aliphatic carbocycles. The molecule has 168 valence electrons. The summed E-state index contributed by atoms with van der Waals surface area (Å²) in [6, 6.07) is 16.7. The number of hydrogen-bond donors (Lipinski definition) is 1. The fraction of sp³-hybridized carbons (Fsp3) is 0.409. The molecule has 0 spiro atoms. The van der Waals surface area contributed by atoms with Crippen molar-refractivity contribution in [1.29, 1.82) is 0 Å². The van der Waals surface area contributed by atoms with Crippen LogP contribution in [0, 0.1) is 0 Å². The predicted octanol–water partition coefficient (Wildman–Crippen LogP) is 1.73. The van der Waals surface area contributed by atoms with Crippen molar-refractivity contribution in [2.45, 2.75) is 13.0 Å². The molecule has 1 amide bonds. The van der Waals surface area contributed by atoms with Crippen LogP contribution in [0.2, 0.25) is 0 Å². The number of carbonyl (C=O) groups excluding carboxylic acids is 1. The number of nitrogens with one attached hydrogen (secondary N) is 1.